The molecule has 2 rings (SSSR count). The van der Waals surface area contributed by atoms with Crippen LogP contribution in [0.1, 0.15) is 38.7 Å². The van der Waals surface area contributed by atoms with Crippen LogP contribution >= 0.6 is 24.0 Å². The third kappa shape index (κ3) is 5.16. The van der Waals surface area contributed by atoms with E-state index in [2.05, 4.69) is 42.3 Å². The highest BCUT2D eigenvalue weighted by Crippen LogP contribution is 2.26. The number of rotatable bonds is 4. The number of nitrogens with zero attached hydrogens (tertiary/aromatic N) is 4. The van der Waals surface area contributed by atoms with Crippen molar-refractivity contribution < 1.29 is 0 Å². The second-order valence-corrected chi connectivity index (χ2v) is 5.97. The number of hydrogen-bond donors (Lipinski definition) is 1. The Morgan fingerprint density at radius 2 is 2.29 bits per heavy atom. The van der Waals surface area contributed by atoms with E-state index in [1.807, 2.05) is 17.9 Å². The van der Waals surface area contributed by atoms with Crippen LogP contribution in [0.2, 0.25) is 0 Å². The van der Waals surface area contributed by atoms with E-state index in [1.54, 1.807) is 0 Å². The maximum atomic E-state index is 4.74. The number of guanidine groups is 1. The van der Waals surface area contributed by atoms with Gasteiger partial charge in [0.2, 0.25) is 0 Å². The highest BCUT2D eigenvalue weighted by atomic mass is 127. The number of likely N-dealkylation sites (tertiary alicyclic amines) is 1. The first-order valence-electron chi connectivity index (χ1n) is 7.62. The lowest BCUT2D eigenvalue weighted by Gasteiger charge is -2.21. The monoisotopic (exact) mass is 405 g/mol. The van der Waals surface area contributed by atoms with Gasteiger partial charge in [0, 0.05) is 45.3 Å². The predicted octanol–water partition coefficient (Wildman–Crippen LogP) is 2.45. The zero-order valence-corrected chi connectivity index (χ0v) is 15.9. The van der Waals surface area contributed by atoms with Crippen LogP contribution in [-0.4, -0.2) is 46.8 Å². The summed E-state index contributed by atoms with van der Waals surface area (Å²) in [4.78, 5) is 7.12. The first kappa shape index (κ1) is 18.3. The Balaban J connectivity index is 0.00000220. The van der Waals surface area contributed by atoms with E-state index in [9.17, 15) is 0 Å². The van der Waals surface area contributed by atoms with Crippen molar-refractivity contribution in [2.75, 3.05) is 26.2 Å². The fourth-order valence-electron chi connectivity index (χ4n) is 2.57. The van der Waals surface area contributed by atoms with Crippen molar-refractivity contribution in [1.29, 1.82) is 0 Å². The summed E-state index contributed by atoms with van der Waals surface area (Å²) in [6.07, 6.45) is 5.30. The summed E-state index contributed by atoms with van der Waals surface area (Å²) in [7, 11) is 1.98. The van der Waals surface area contributed by atoms with Crippen LogP contribution in [0.15, 0.2) is 17.4 Å². The van der Waals surface area contributed by atoms with Crippen LogP contribution in [0.5, 0.6) is 0 Å². The molecule has 1 unspecified atom stereocenters. The maximum Gasteiger partial charge on any atom is 0.193 e. The molecular weight excluding hydrogens is 377 g/mol. The molecule has 1 aliphatic heterocycles. The van der Waals surface area contributed by atoms with Crippen molar-refractivity contribution >= 4 is 29.9 Å². The van der Waals surface area contributed by atoms with E-state index < -0.39 is 0 Å². The summed E-state index contributed by atoms with van der Waals surface area (Å²) in [5, 5.41) is 7.69. The fraction of sp³-hybridized carbons (Fsp3) is 0.733. The van der Waals surface area contributed by atoms with E-state index in [0.29, 0.717) is 11.8 Å². The van der Waals surface area contributed by atoms with Crippen molar-refractivity contribution in [3.8, 4) is 0 Å². The van der Waals surface area contributed by atoms with Crippen LogP contribution < -0.4 is 5.32 Å². The van der Waals surface area contributed by atoms with Crippen LogP contribution in [-0.2, 0) is 7.05 Å². The summed E-state index contributed by atoms with van der Waals surface area (Å²) in [6.45, 7) is 10.4. The van der Waals surface area contributed by atoms with E-state index in [0.717, 1.165) is 32.1 Å². The molecule has 1 aromatic rings. The summed E-state index contributed by atoms with van der Waals surface area (Å²) in [5.41, 5.74) is 1.34. The molecule has 0 aromatic carbocycles. The molecule has 0 saturated carbocycles. The molecule has 1 aliphatic rings. The molecule has 1 aromatic heterocycles. The minimum absolute atomic E-state index is 0. The summed E-state index contributed by atoms with van der Waals surface area (Å²) in [6, 6.07) is 0. The average molecular weight is 405 g/mol. The Labute approximate surface area is 145 Å². The highest BCUT2D eigenvalue weighted by Gasteiger charge is 2.26. The Morgan fingerprint density at radius 1 is 1.52 bits per heavy atom. The topological polar surface area (TPSA) is 45.5 Å². The van der Waals surface area contributed by atoms with Crippen LogP contribution in [0, 0.1) is 5.92 Å². The zero-order chi connectivity index (χ0) is 14.5. The number of halogens is 1. The van der Waals surface area contributed by atoms with E-state index in [1.165, 1.54) is 12.0 Å². The van der Waals surface area contributed by atoms with Gasteiger partial charge < -0.3 is 10.2 Å². The lowest BCUT2D eigenvalue weighted by Crippen LogP contribution is -2.40. The number of nitrogens with one attached hydrogen (secondary N) is 1. The quantitative estimate of drug-likeness (QED) is 0.476. The van der Waals surface area contributed by atoms with E-state index in [-0.39, 0.29) is 24.0 Å². The van der Waals surface area contributed by atoms with Crippen LogP contribution in [0.4, 0.5) is 0 Å². The lowest BCUT2D eigenvalue weighted by molar-refractivity contribution is 0.483. The second-order valence-electron chi connectivity index (χ2n) is 5.97. The standard InChI is InChI=1S/C15H27N5.HI/c1-5-16-15(17-8-12(2)3)20-7-6-13(11-20)14-9-18-19(4)10-14;/h9-10,12-13H,5-8,11H2,1-4H3,(H,16,17);1H. The number of aliphatic imine (C=N–C) groups is 1. The Hall–Kier alpha value is -0.790. The van der Waals surface area contributed by atoms with Crippen molar-refractivity contribution in [1.82, 2.24) is 20.0 Å². The maximum absolute atomic E-state index is 4.74. The van der Waals surface area contributed by atoms with Gasteiger partial charge in [-0.2, -0.15) is 5.10 Å². The van der Waals surface area contributed by atoms with Crippen molar-refractivity contribution in [2.24, 2.45) is 18.0 Å². The molecule has 6 heteroatoms. The third-order valence-electron chi connectivity index (χ3n) is 3.63. The molecule has 21 heavy (non-hydrogen) atoms. The molecule has 1 atom stereocenters. The van der Waals surface area contributed by atoms with Gasteiger partial charge >= 0.3 is 0 Å². The van der Waals surface area contributed by atoms with Gasteiger partial charge in [0.25, 0.3) is 0 Å². The molecule has 2 heterocycles. The SMILES string of the molecule is CCNC(=NCC(C)C)N1CCC(c2cnn(C)c2)C1.I. The van der Waals surface area contributed by atoms with Gasteiger partial charge in [0.15, 0.2) is 5.96 Å². The normalized spacial score (nSPS) is 19.0. The van der Waals surface area contributed by atoms with Crippen molar-refractivity contribution in [3.05, 3.63) is 18.0 Å². The Morgan fingerprint density at radius 3 is 2.86 bits per heavy atom. The van der Waals surface area contributed by atoms with Gasteiger partial charge in [-0.3, -0.25) is 9.67 Å². The molecule has 0 bridgehead atoms. The van der Waals surface area contributed by atoms with Crippen LogP contribution in [0.3, 0.4) is 0 Å². The van der Waals surface area contributed by atoms with Gasteiger partial charge in [-0.15, -0.1) is 24.0 Å². The molecular formula is C15H28IN5. The molecule has 1 N–H and O–H groups in total. The van der Waals surface area contributed by atoms with E-state index in [4.69, 9.17) is 4.99 Å². The molecule has 120 valence electrons. The first-order valence-corrected chi connectivity index (χ1v) is 7.62. The highest BCUT2D eigenvalue weighted by molar-refractivity contribution is 14.0. The Bertz CT molecular complexity index is 455. The summed E-state index contributed by atoms with van der Waals surface area (Å²) >= 11 is 0. The van der Waals surface area contributed by atoms with Crippen molar-refractivity contribution in [3.63, 3.8) is 0 Å². The largest absolute Gasteiger partial charge is 0.357 e. The first-order chi connectivity index (χ1) is 9.60. The van der Waals surface area contributed by atoms with Gasteiger partial charge in [-0.25, -0.2) is 0 Å². The molecule has 1 fully saturated rings. The number of aromatic nitrogens is 2. The van der Waals surface area contributed by atoms with Gasteiger partial charge in [-0.1, -0.05) is 13.8 Å². The third-order valence-corrected chi connectivity index (χ3v) is 3.63. The van der Waals surface area contributed by atoms with E-state index >= 15 is 0 Å². The number of hydrogen-bond acceptors (Lipinski definition) is 2. The molecule has 0 aliphatic carbocycles. The smallest absolute Gasteiger partial charge is 0.193 e. The van der Waals surface area contributed by atoms with Gasteiger partial charge in [0.1, 0.15) is 0 Å². The fourth-order valence-corrected chi connectivity index (χ4v) is 2.57. The average Bonchev–Trinajstić information content (AvgIpc) is 3.02. The van der Waals surface area contributed by atoms with Crippen molar-refractivity contribution in [2.45, 2.75) is 33.1 Å². The van der Waals surface area contributed by atoms with Gasteiger partial charge in [-0.05, 0) is 24.8 Å². The zero-order valence-electron chi connectivity index (χ0n) is 13.5. The molecule has 0 radical (unpaired) electrons. The predicted molar refractivity (Wildman–Crippen MR) is 98.4 cm³/mol. The van der Waals surface area contributed by atoms with Gasteiger partial charge in [0.05, 0.1) is 6.20 Å². The minimum atomic E-state index is 0. The minimum Gasteiger partial charge on any atom is -0.357 e. The summed E-state index contributed by atoms with van der Waals surface area (Å²) in [5.74, 6) is 2.24. The lowest BCUT2D eigenvalue weighted by atomic mass is 10.0. The second kappa shape index (κ2) is 8.60. The molecule has 0 spiro atoms. The van der Waals surface area contributed by atoms with Crippen LogP contribution in [0.25, 0.3) is 0 Å². The summed E-state index contributed by atoms with van der Waals surface area (Å²) < 4.78 is 1.88. The molecule has 5 nitrogen and oxygen atoms in total. The number of aryl methyl sites for hydroxylation is 1. The molecule has 0 amide bonds. The molecule has 1 saturated heterocycles. The Kier molecular flexibility index (Phi) is 7.48.